The average molecular weight is 458 g/mol. The molecule has 10 nitrogen and oxygen atoms in total. The molecule has 3 saturated heterocycles. The van der Waals surface area contributed by atoms with E-state index >= 15 is 0 Å². The molecule has 0 spiro atoms. The van der Waals surface area contributed by atoms with Crippen LogP contribution in [-0.2, 0) is 4.79 Å². The molecule has 3 fully saturated rings. The second-order valence-corrected chi connectivity index (χ2v) is 8.68. The zero-order chi connectivity index (χ0) is 24.0. The predicted octanol–water partition coefficient (Wildman–Crippen LogP) is 2.42. The number of rotatable bonds is 8. The second-order valence-electron chi connectivity index (χ2n) is 8.68. The van der Waals surface area contributed by atoms with Gasteiger partial charge in [-0.1, -0.05) is 13.8 Å². The highest BCUT2D eigenvalue weighted by molar-refractivity contribution is 6.45. The minimum atomic E-state index is -0.404. The first-order chi connectivity index (χ1) is 15.8. The molecule has 5 amide bonds. The number of benzene rings is 1. The lowest BCUT2D eigenvalue weighted by Gasteiger charge is -2.50. The van der Waals surface area contributed by atoms with Crippen molar-refractivity contribution < 1.29 is 14.4 Å². The maximum atomic E-state index is 13.3. The van der Waals surface area contributed by atoms with Crippen molar-refractivity contribution in [1.29, 1.82) is 5.41 Å². The number of hydrogen-bond acceptors (Lipinski definition) is 5. The minimum Gasteiger partial charge on any atom is -0.338 e. The lowest BCUT2D eigenvalue weighted by atomic mass is 9.90. The van der Waals surface area contributed by atoms with Crippen molar-refractivity contribution in [1.82, 2.24) is 20.4 Å². The Morgan fingerprint density at radius 3 is 2.18 bits per heavy atom. The van der Waals surface area contributed by atoms with Gasteiger partial charge in [0.1, 0.15) is 5.71 Å². The summed E-state index contributed by atoms with van der Waals surface area (Å²) in [5.41, 5.74) is 0.861. The van der Waals surface area contributed by atoms with Crippen molar-refractivity contribution in [2.45, 2.75) is 51.6 Å². The first-order valence-electron chi connectivity index (χ1n) is 11.7. The quantitative estimate of drug-likeness (QED) is 0.384. The highest BCUT2D eigenvalue weighted by Crippen LogP contribution is 2.29. The maximum absolute atomic E-state index is 13.3. The van der Waals surface area contributed by atoms with Gasteiger partial charge < -0.3 is 26.2 Å². The molecule has 3 aliphatic heterocycles. The Hall–Kier alpha value is -3.14. The van der Waals surface area contributed by atoms with Crippen molar-refractivity contribution in [3.05, 3.63) is 23.8 Å². The van der Waals surface area contributed by atoms with E-state index in [1.807, 2.05) is 13.8 Å². The SMILES string of the molecule is CCCNC(=O)Nc1ccc(NC(=O)NCCC)c(C(=N)C(=O)N2CC3CCC2CN3C)c1. The monoisotopic (exact) mass is 457 g/mol. The van der Waals surface area contributed by atoms with Crippen molar-refractivity contribution >= 4 is 35.1 Å². The fraction of sp³-hybridized carbons (Fsp3) is 0.565. The van der Waals surface area contributed by atoms with Gasteiger partial charge in [0, 0.05) is 49.5 Å². The van der Waals surface area contributed by atoms with Gasteiger partial charge in [0.15, 0.2) is 0 Å². The van der Waals surface area contributed by atoms with Crippen LogP contribution in [0.15, 0.2) is 18.2 Å². The van der Waals surface area contributed by atoms with Crippen molar-refractivity contribution in [2.75, 3.05) is 43.9 Å². The van der Waals surface area contributed by atoms with Gasteiger partial charge in [0.2, 0.25) is 0 Å². The number of piperazine rings is 1. The lowest BCUT2D eigenvalue weighted by molar-refractivity contribution is -0.133. The van der Waals surface area contributed by atoms with Crippen LogP contribution in [0.2, 0.25) is 0 Å². The molecule has 4 rings (SSSR count). The normalized spacial score (nSPS) is 19.7. The highest BCUT2D eigenvalue weighted by atomic mass is 16.2. The van der Waals surface area contributed by atoms with Crippen LogP contribution in [-0.4, -0.2) is 78.8 Å². The van der Waals surface area contributed by atoms with Crippen LogP contribution in [0.5, 0.6) is 0 Å². The van der Waals surface area contributed by atoms with E-state index in [9.17, 15) is 14.4 Å². The smallest absolute Gasteiger partial charge is 0.319 e. The summed E-state index contributed by atoms with van der Waals surface area (Å²) in [5.74, 6) is -0.359. The standard InChI is InChI=1S/C23H35N7O3/c1-4-10-25-22(32)27-15-6-9-19(28-23(33)26-11-5-2)18(12-15)20(24)21(31)30-14-16-7-8-17(30)13-29(16)3/h6,9,12,16-17,24H,4-5,7-8,10-11,13-14H2,1-3H3,(H2,25,27,32)(H2,26,28,33). The van der Waals surface area contributed by atoms with Gasteiger partial charge in [-0.15, -0.1) is 0 Å². The van der Waals surface area contributed by atoms with E-state index in [1.54, 1.807) is 23.1 Å². The topological polar surface area (TPSA) is 130 Å². The second kappa shape index (κ2) is 11.1. The molecule has 0 radical (unpaired) electrons. The number of amides is 5. The molecule has 0 saturated carbocycles. The maximum Gasteiger partial charge on any atom is 0.319 e. The van der Waals surface area contributed by atoms with Gasteiger partial charge in [-0.3, -0.25) is 15.1 Å². The molecule has 0 aromatic heterocycles. The first-order valence-corrected chi connectivity index (χ1v) is 11.7. The molecule has 1 aromatic carbocycles. The molecule has 3 heterocycles. The summed E-state index contributed by atoms with van der Waals surface area (Å²) in [5, 5.41) is 19.7. The molecule has 33 heavy (non-hydrogen) atoms. The van der Waals surface area contributed by atoms with E-state index < -0.39 is 6.03 Å². The van der Waals surface area contributed by atoms with Gasteiger partial charge in [0.05, 0.1) is 5.69 Å². The number of carbonyl (C=O) groups is 3. The van der Waals surface area contributed by atoms with Gasteiger partial charge in [0.25, 0.3) is 5.91 Å². The fourth-order valence-corrected chi connectivity index (χ4v) is 4.30. The molecule has 3 aliphatic rings. The van der Waals surface area contributed by atoms with Crippen LogP contribution in [0.4, 0.5) is 21.0 Å². The molecule has 2 atom stereocenters. The zero-order valence-electron chi connectivity index (χ0n) is 19.7. The fourth-order valence-electron chi connectivity index (χ4n) is 4.30. The third-order valence-electron chi connectivity index (χ3n) is 6.14. The van der Waals surface area contributed by atoms with Crippen molar-refractivity contribution in [2.24, 2.45) is 0 Å². The van der Waals surface area contributed by atoms with Crippen LogP contribution in [0.1, 0.15) is 45.1 Å². The number of fused-ring (bicyclic) bond motifs is 3. The summed E-state index contributed by atoms with van der Waals surface area (Å²) in [4.78, 5) is 41.8. The zero-order valence-corrected chi connectivity index (χ0v) is 19.7. The first kappa shape index (κ1) is 24.5. The Balaban J connectivity index is 1.82. The van der Waals surface area contributed by atoms with E-state index in [0.717, 1.165) is 32.2 Å². The predicted molar refractivity (Wildman–Crippen MR) is 129 cm³/mol. The number of anilines is 2. The summed E-state index contributed by atoms with van der Waals surface area (Å²) < 4.78 is 0. The summed E-state index contributed by atoms with van der Waals surface area (Å²) in [6.45, 7) is 6.36. The number of nitrogens with one attached hydrogen (secondary N) is 5. The number of likely N-dealkylation sites (N-methyl/N-ethyl adjacent to an activating group) is 1. The molecular weight excluding hydrogens is 422 g/mol. The number of piperidine rings is 2. The molecular formula is C23H35N7O3. The average Bonchev–Trinajstić information content (AvgIpc) is 2.81. The Kier molecular flexibility index (Phi) is 8.26. The van der Waals surface area contributed by atoms with E-state index in [1.165, 1.54) is 0 Å². The van der Waals surface area contributed by atoms with Crippen LogP contribution in [0.3, 0.4) is 0 Å². The molecule has 2 bridgehead atoms. The van der Waals surface area contributed by atoms with Gasteiger partial charge in [-0.2, -0.15) is 0 Å². The molecule has 0 aliphatic carbocycles. The summed E-state index contributed by atoms with van der Waals surface area (Å²) >= 11 is 0. The van der Waals surface area contributed by atoms with Crippen LogP contribution in [0, 0.1) is 5.41 Å². The third kappa shape index (κ3) is 6.01. The third-order valence-corrected chi connectivity index (χ3v) is 6.14. The van der Waals surface area contributed by atoms with Crippen LogP contribution >= 0.6 is 0 Å². The van der Waals surface area contributed by atoms with E-state index in [-0.39, 0.29) is 29.3 Å². The molecule has 5 N–H and O–H groups in total. The molecule has 1 aromatic rings. The highest BCUT2D eigenvalue weighted by Gasteiger charge is 2.40. The number of carbonyl (C=O) groups excluding carboxylic acids is 3. The Morgan fingerprint density at radius 1 is 0.970 bits per heavy atom. The van der Waals surface area contributed by atoms with E-state index in [2.05, 4.69) is 33.2 Å². The Bertz CT molecular complexity index is 904. The molecule has 10 heteroatoms. The number of urea groups is 2. The van der Waals surface area contributed by atoms with E-state index in [4.69, 9.17) is 5.41 Å². The Labute approximate surface area is 195 Å². The van der Waals surface area contributed by atoms with Crippen molar-refractivity contribution in [3.63, 3.8) is 0 Å². The summed E-state index contributed by atoms with van der Waals surface area (Å²) in [7, 11) is 2.07. The van der Waals surface area contributed by atoms with Gasteiger partial charge in [-0.05, 0) is 50.9 Å². The Morgan fingerprint density at radius 2 is 1.61 bits per heavy atom. The van der Waals surface area contributed by atoms with Gasteiger partial charge >= 0.3 is 12.1 Å². The van der Waals surface area contributed by atoms with Crippen LogP contribution < -0.4 is 21.3 Å². The summed E-state index contributed by atoms with van der Waals surface area (Å²) in [6, 6.07) is 4.43. The van der Waals surface area contributed by atoms with E-state index in [0.29, 0.717) is 37.1 Å². The lowest BCUT2D eigenvalue weighted by Crippen LogP contribution is -2.63. The largest absolute Gasteiger partial charge is 0.338 e. The molecule has 2 unspecified atom stereocenters. The summed E-state index contributed by atoms with van der Waals surface area (Å²) in [6.07, 6.45) is 3.57. The van der Waals surface area contributed by atoms with Crippen LogP contribution in [0.25, 0.3) is 0 Å². The number of hydrogen-bond donors (Lipinski definition) is 5. The number of nitrogens with zero attached hydrogens (tertiary/aromatic N) is 2. The minimum absolute atomic E-state index is 0.0817. The molecule has 180 valence electrons. The van der Waals surface area contributed by atoms with Crippen molar-refractivity contribution in [3.8, 4) is 0 Å². The van der Waals surface area contributed by atoms with Gasteiger partial charge in [-0.25, -0.2) is 9.59 Å².